The Hall–Kier alpha value is -2.34. The molecule has 2 heterocycles. The number of aliphatic carboxylic acids is 1. The van der Waals surface area contributed by atoms with Crippen LogP contribution in [0.3, 0.4) is 0 Å². The Bertz CT molecular complexity index is 695. The number of nitrogens with zero attached hydrogens (tertiary/aromatic N) is 2. The highest BCUT2D eigenvalue weighted by Crippen LogP contribution is 2.33. The fraction of sp³-hybridized carbons (Fsp3) is 0.412. The summed E-state index contributed by atoms with van der Waals surface area (Å²) in [7, 11) is 0. The van der Waals surface area contributed by atoms with Gasteiger partial charge in [-0.15, -0.1) is 0 Å². The highest BCUT2D eigenvalue weighted by Gasteiger charge is 2.33. The van der Waals surface area contributed by atoms with E-state index >= 15 is 0 Å². The minimum atomic E-state index is -0.904. The van der Waals surface area contributed by atoms with Gasteiger partial charge in [0, 0.05) is 18.0 Å². The Labute approximate surface area is 134 Å². The van der Waals surface area contributed by atoms with Crippen molar-refractivity contribution >= 4 is 5.97 Å². The summed E-state index contributed by atoms with van der Waals surface area (Å²) in [5, 5.41) is 9.70. The molecule has 0 saturated heterocycles. The van der Waals surface area contributed by atoms with Crippen LogP contribution < -0.4 is 4.74 Å². The number of ether oxygens (including phenoxy) is 1. The fourth-order valence-electron chi connectivity index (χ4n) is 2.73. The van der Waals surface area contributed by atoms with E-state index in [0.717, 1.165) is 5.76 Å². The van der Waals surface area contributed by atoms with Crippen molar-refractivity contribution in [3.8, 4) is 5.75 Å². The van der Waals surface area contributed by atoms with Gasteiger partial charge in [0.25, 0.3) is 0 Å². The number of fused-ring (bicyclic) bond motifs is 1. The van der Waals surface area contributed by atoms with Gasteiger partial charge in [0.1, 0.15) is 24.2 Å². The Morgan fingerprint density at radius 3 is 2.91 bits per heavy atom. The third-order valence-electron chi connectivity index (χ3n) is 3.93. The van der Waals surface area contributed by atoms with Crippen LogP contribution in [0.4, 0.5) is 0 Å². The van der Waals surface area contributed by atoms with E-state index in [1.165, 1.54) is 0 Å². The molecule has 1 aliphatic heterocycles. The van der Waals surface area contributed by atoms with Crippen LogP contribution in [0, 0.1) is 0 Å². The SMILES string of the molecule is CC(C)c1cnc(CN2CCOc3ccccc3[C@@H]2C(=O)O)o1. The second-order valence-corrected chi connectivity index (χ2v) is 5.91. The zero-order valence-electron chi connectivity index (χ0n) is 13.2. The van der Waals surface area contributed by atoms with E-state index < -0.39 is 12.0 Å². The first kappa shape index (κ1) is 15.6. The average Bonchev–Trinajstić information content (AvgIpc) is 2.89. The first-order valence-electron chi connectivity index (χ1n) is 7.69. The van der Waals surface area contributed by atoms with Gasteiger partial charge in [-0.05, 0) is 6.07 Å². The van der Waals surface area contributed by atoms with Gasteiger partial charge in [0.05, 0.1) is 12.7 Å². The van der Waals surface area contributed by atoms with E-state index in [-0.39, 0.29) is 5.92 Å². The van der Waals surface area contributed by atoms with Crippen LogP contribution in [-0.4, -0.2) is 34.1 Å². The molecule has 6 heteroatoms. The minimum Gasteiger partial charge on any atom is -0.492 e. The largest absolute Gasteiger partial charge is 0.492 e. The van der Waals surface area contributed by atoms with E-state index in [9.17, 15) is 9.90 Å². The van der Waals surface area contributed by atoms with Crippen LogP contribution in [0.5, 0.6) is 5.75 Å². The number of hydrogen-bond acceptors (Lipinski definition) is 5. The van der Waals surface area contributed by atoms with Crippen molar-refractivity contribution in [3.63, 3.8) is 0 Å². The zero-order chi connectivity index (χ0) is 16.4. The van der Waals surface area contributed by atoms with Crippen molar-refractivity contribution in [1.82, 2.24) is 9.88 Å². The quantitative estimate of drug-likeness (QED) is 0.935. The Morgan fingerprint density at radius 1 is 1.43 bits per heavy atom. The molecule has 6 nitrogen and oxygen atoms in total. The van der Waals surface area contributed by atoms with Crippen LogP contribution in [0.25, 0.3) is 0 Å². The average molecular weight is 316 g/mol. The normalized spacial score (nSPS) is 18.3. The Morgan fingerprint density at radius 2 is 2.22 bits per heavy atom. The standard InChI is InChI=1S/C17H20N2O4/c1-11(2)14-9-18-15(23-14)10-19-7-8-22-13-6-4-3-5-12(13)16(19)17(20)21/h3-6,9,11,16H,7-8,10H2,1-2H3,(H,20,21)/t16-/m1/s1. The molecule has 0 fully saturated rings. The third kappa shape index (κ3) is 3.22. The lowest BCUT2D eigenvalue weighted by Crippen LogP contribution is -2.34. The lowest BCUT2D eigenvalue weighted by atomic mass is 10.0. The molecule has 0 unspecified atom stereocenters. The van der Waals surface area contributed by atoms with E-state index in [4.69, 9.17) is 9.15 Å². The maximum absolute atomic E-state index is 11.8. The van der Waals surface area contributed by atoms with Crippen molar-refractivity contribution < 1.29 is 19.1 Å². The molecular formula is C17H20N2O4. The van der Waals surface area contributed by atoms with Crippen LogP contribution >= 0.6 is 0 Å². The monoisotopic (exact) mass is 316 g/mol. The van der Waals surface area contributed by atoms with Crippen molar-refractivity contribution in [1.29, 1.82) is 0 Å². The smallest absolute Gasteiger partial charge is 0.325 e. The van der Waals surface area contributed by atoms with Gasteiger partial charge in [-0.3, -0.25) is 9.69 Å². The molecule has 1 aromatic carbocycles. The van der Waals surface area contributed by atoms with Gasteiger partial charge in [0.2, 0.25) is 5.89 Å². The third-order valence-corrected chi connectivity index (χ3v) is 3.93. The molecule has 122 valence electrons. The van der Waals surface area contributed by atoms with Crippen molar-refractivity contribution in [2.45, 2.75) is 32.4 Å². The molecule has 1 aliphatic rings. The maximum atomic E-state index is 11.8. The predicted octanol–water partition coefficient (Wildman–Crippen LogP) is 2.82. The summed E-state index contributed by atoms with van der Waals surface area (Å²) >= 11 is 0. The number of aromatic nitrogens is 1. The molecule has 0 saturated carbocycles. The van der Waals surface area contributed by atoms with Gasteiger partial charge < -0.3 is 14.3 Å². The summed E-state index contributed by atoms with van der Waals surface area (Å²) in [5.41, 5.74) is 0.660. The molecule has 1 N–H and O–H groups in total. The number of rotatable bonds is 4. The highest BCUT2D eigenvalue weighted by atomic mass is 16.5. The number of carboxylic acids is 1. The summed E-state index contributed by atoms with van der Waals surface area (Å²) in [4.78, 5) is 17.9. The molecule has 1 aromatic heterocycles. The van der Waals surface area contributed by atoms with Crippen molar-refractivity contribution in [3.05, 3.63) is 47.7 Å². The number of para-hydroxylation sites is 1. The molecular weight excluding hydrogens is 296 g/mol. The first-order valence-corrected chi connectivity index (χ1v) is 7.69. The Balaban J connectivity index is 1.89. The summed E-state index contributed by atoms with van der Waals surface area (Å²) in [6.45, 7) is 5.31. The molecule has 0 spiro atoms. The number of oxazole rings is 1. The number of benzene rings is 1. The second-order valence-electron chi connectivity index (χ2n) is 5.91. The van der Waals surface area contributed by atoms with Crippen LogP contribution in [0.15, 0.2) is 34.9 Å². The van der Waals surface area contributed by atoms with Gasteiger partial charge in [0.15, 0.2) is 0 Å². The zero-order valence-corrected chi connectivity index (χ0v) is 13.2. The number of carbonyl (C=O) groups is 1. The van der Waals surface area contributed by atoms with Crippen LogP contribution in [0.2, 0.25) is 0 Å². The maximum Gasteiger partial charge on any atom is 0.325 e. The summed E-state index contributed by atoms with van der Waals surface area (Å²) in [6.07, 6.45) is 1.71. The molecule has 0 radical (unpaired) electrons. The van der Waals surface area contributed by atoms with E-state index in [1.54, 1.807) is 18.3 Å². The van der Waals surface area contributed by atoms with E-state index in [2.05, 4.69) is 4.98 Å². The fourth-order valence-corrected chi connectivity index (χ4v) is 2.73. The molecule has 2 aromatic rings. The van der Waals surface area contributed by atoms with Crippen molar-refractivity contribution in [2.75, 3.05) is 13.2 Å². The number of carboxylic acid groups (broad SMARTS) is 1. The lowest BCUT2D eigenvalue weighted by Gasteiger charge is -2.25. The van der Waals surface area contributed by atoms with Gasteiger partial charge in [-0.2, -0.15) is 0 Å². The molecule has 3 rings (SSSR count). The lowest BCUT2D eigenvalue weighted by molar-refractivity contribution is -0.143. The van der Waals surface area contributed by atoms with Crippen LogP contribution in [-0.2, 0) is 11.3 Å². The summed E-state index contributed by atoms with van der Waals surface area (Å²) in [6, 6.07) is 6.49. The summed E-state index contributed by atoms with van der Waals surface area (Å²) in [5.74, 6) is 1.30. The summed E-state index contributed by atoms with van der Waals surface area (Å²) < 4.78 is 11.4. The van der Waals surface area contributed by atoms with Gasteiger partial charge in [-0.1, -0.05) is 32.0 Å². The van der Waals surface area contributed by atoms with Crippen molar-refractivity contribution in [2.24, 2.45) is 0 Å². The Kier molecular flexibility index (Phi) is 4.34. The molecule has 23 heavy (non-hydrogen) atoms. The molecule has 0 bridgehead atoms. The topological polar surface area (TPSA) is 75.8 Å². The second kappa shape index (κ2) is 6.42. The highest BCUT2D eigenvalue weighted by molar-refractivity contribution is 5.76. The first-order chi connectivity index (χ1) is 11.1. The molecule has 1 atom stereocenters. The number of hydrogen-bond donors (Lipinski definition) is 1. The van der Waals surface area contributed by atoms with E-state index in [0.29, 0.717) is 36.9 Å². The van der Waals surface area contributed by atoms with Gasteiger partial charge in [-0.25, -0.2) is 4.98 Å². The molecule has 0 amide bonds. The van der Waals surface area contributed by atoms with E-state index in [1.807, 2.05) is 30.9 Å². The molecule has 0 aliphatic carbocycles. The predicted molar refractivity (Wildman–Crippen MR) is 83.3 cm³/mol. The minimum absolute atomic E-state index is 0.250. The van der Waals surface area contributed by atoms with Gasteiger partial charge >= 0.3 is 5.97 Å². The van der Waals surface area contributed by atoms with Crippen LogP contribution in [0.1, 0.15) is 43.0 Å².